The van der Waals surface area contributed by atoms with Gasteiger partial charge in [-0.1, -0.05) is 6.92 Å². The highest BCUT2D eigenvalue weighted by Gasteiger charge is 2.09. The molecule has 0 aliphatic heterocycles. The van der Waals surface area contributed by atoms with E-state index in [0.717, 1.165) is 6.42 Å². The van der Waals surface area contributed by atoms with Crippen LogP contribution in [0.2, 0.25) is 0 Å². The lowest BCUT2D eigenvalue weighted by molar-refractivity contribution is -0.137. The molecule has 2 amide bonds. The van der Waals surface area contributed by atoms with Gasteiger partial charge in [-0.3, -0.25) is 9.59 Å². The summed E-state index contributed by atoms with van der Waals surface area (Å²) in [6.45, 7) is 3.72. The lowest BCUT2D eigenvalue weighted by Gasteiger charge is -2.07. The number of rotatable bonds is 2. The Labute approximate surface area is 59.8 Å². The van der Waals surface area contributed by atoms with Crippen molar-refractivity contribution in [2.24, 2.45) is 5.73 Å². The lowest BCUT2D eigenvalue weighted by atomic mass is 10.2. The number of amides is 2. The molecule has 10 heavy (non-hydrogen) atoms. The third-order valence-corrected chi connectivity index (χ3v) is 1.21. The van der Waals surface area contributed by atoms with Gasteiger partial charge in [0.25, 0.3) is 0 Å². The molecule has 1 unspecified atom stereocenters. The number of carbonyl (C=O) groups excluding carboxylic acids is 2. The zero-order valence-electron chi connectivity index (χ0n) is 6.18. The van der Waals surface area contributed by atoms with Crippen molar-refractivity contribution in [3.63, 3.8) is 0 Å². The number of hydrogen-bond acceptors (Lipinski definition) is 2. The van der Waals surface area contributed by atoms with E-state index in [9.17, 15) is 9.59 Å². The molecule has 0 spiro atoms. The number of primary amides is 1. The van der Waals surface area contributed by atoms with Crippen molar-refractivity contribution >= 4 is 11.8 Å². The summed E-state index contributed by atoms with van der Waals surface area (Å²) in [5, 5.41) is 2.42. The van der Waals surface area contributed by atoms with Gasteiger partial charge in [0.05, 0.1) is 0 Å². The van der Waals surface area contributed by atoms with E-state index in [0.29, 0.717) is 0 Å². The summed E-state index contributed by atoms with van der Waals surface area (Å²) < 4.78 is 0. The van der Waals surface area contributed by atoms with E-state index in [2.05, 4.69) is 11.1 Å². The van der Waals surface area contributed by atoms with Crippen molar-refractivity contribution in [3.8, 4) is 0 Å². The van der Waals surface area contributed by atoms with E-state index in [1.807, 2.05) is 6.92 Å². The highest BCUT2D eigenvalue weighted by Crippen LogP contribution is 1.85. The highest BCUT2D eigenvalue weighted by molar-refractivity contribution is 6.34. The minimum atomic E-state index is -0.930. The maximum absolute atomic E-state index is 10.5. The first-order chi connectivity index (χ1) is 4.57. The second-order valence-electron chi connectivity index (χ2n) is 2.15. The molecule has 4 nitrogen and oxygen atoms in total. The van der Waals surface area contributed by atoms with Crippen LogP contribution in [-0.2, 0) is 9.59 Å². The van der Waals surface area contributed by atoms with Crippen molar-refractivity contribution in [3.05, 3.63) is 0 Å². The second kappa shape index (κ2) is 3.87. The molecule has 0 aromatic heterocycles. The number of nitrogens with one attached hydrogen (secondary N) is 1. The van der Waals surface area contributed by atoms with Crippen molar-refractivity contribution in [2.75, 3.05) is 0 Å². The molecule has 4 heteroatoms. The molecule has 0 rings (SSSR count). The van der Waals surface area contributed by atoms with Crippen LogP contribution in [0.25, 0.3) is 0 Å². The summed E-state index contributed by atoms with van der Waals surface area (Å²) in [5.74, 6) is -1.64. The summed E-state index contributed by atoms with van der Waals surface area (Å²) in [7, 11) is 0. The fraction of sp³-hybridized carbons (Fsp3) is 0.667. The normalized spacial score (nSPS) is 12.2. The minimum absolute atomic E-state index is 0.0139. The first kappa shape index (κ1) is 8.94. The van der Waals surface area contributed by atoms with Gasteiger partial charge in [-0.15, -0.1) is 0 Å². The minimum Gasteiger partial charge on any atom is -0.361 e. The summed E-state index contributed by atoms with van der Waals surface area (Å²) in [4.78, 5) is 20.7. The molecule has 0 aliphatic carbocycles. The van der Waals surface area contributed by atoms with Gasteiger partial charge in [0.2, 0.25) is 0 Å². The van der Waals surface area contributed by atoms with Gasteiger partial charge in [-0.25, -0.2) is 0 Å². The van der Waals surface area contributed by atoms with E-state index >= 15 is 0 Å². The monoisotopic (exact) mass is 144 g/mol. The Bertz CT molecular complexity index is 145. The molecule has 0 saturated heterocycles. The van der Waals surface area contributed by atoms with Crippen molar-refractivity contribution in [2.45, 2.75) is 26.3 Å². The molecule has 1 atom stereocenters. The molecule has 0 aromatic rings. The number of hydrogen-bond donors (Lipinski definition) is 2. The van der Waals surface area contributed by atoms with Crippen LogP contribution in [0.15, 0.2) is 0 Å². The third-order valence-electron chi connectivity index (χ3n) is 1.21. The van der Waals surface area contributed by atoms with Gasteiger partial charge in [-0.05, 0) is 13.3 Å². The SMILES string of the molecule is CCC(C)NC(=O)C(N)=O. The smallest absolute Gasteiger partial charge is 0.309 e. The van der Waals surface area contributed by atoms with E-state index in [-0.39, 0.29) is 6.04 Å². The Morgan fingerprint density at radius 3 is 2.40 bits per heavy atom. The molecule has 0 aromatic carbocycles. The van der Waals surface area contributed by atoms with Gasteiger partial charge in [-0.2, -0.15) is 0 Å². The van der Waals surface area contributed by atoms with E-state index in [1.54, 1.807) is 6.92 Å². The predicted octanol–water partition coefficient (Wildman–Crippen LogP) is -0.614. The van der Waals surface area contributed by atoms with Crippen molar-refractivity contribution in [1.29, 1.82) is 0 Å². The molecular formula is C6H12N2O2. The lowest BCUT2D eigenvalue weighted by Crippen LogP contribution is -2.40. The second-order valence-corrected chi connectivity index (χ2v) is 2.15. The molecular weight excluding hydrogens is 132 g/mol. The van der Waals surface area contributed by atoms with Gasteiger partial charge in [0.1, 0.15) is 0 Å². The van der Waals surface area contributed by atoms with Crippen molar-refractivity contribution in [1.82, 2.24) is 5.32 Å². The van der Waals surface area contributed by atoms with Gasteiger partial charge in [0, 0.05) is 6.04 Å². The van der Waals surface area contributed by atoms with E-state index in [4.69, 9.17) is 0 Å². The van der Waals surface area contributed by atoms with E-state index < -0.39 is 11.8 Å². The maximum Gasteiger partial charge on any atom is 0.309 e. The van der Waals surface area contributed by atoms with Crippen LogP contribution in [0.5, 0.6) is 0 Å². The summed E-state index contributed by atoms with van der Waals surface area (Å²) in [5.41, 5.74) is 4.69. The molecule has 0 bridgehead atoms. The molecule has 58 valence electrons. The third kappa shape index (κ3) is 3.06. The average Bonchev–Trinajstić information content (AvgIpc) is 1.87. The zero-order chi connectivity index (χ0) is 8.15. The summed E-state index contributed by atoms with van der Waals surface area (Å²) in [6, 6.07) is 0.0139. The molecule has 0 saturated carbocycles. The number of nitrogens with two attached hydrogens (primary N) is 1. The Morgan fingerprint density at radius 1 is 1.60 bits per heavy atom. The highest BCUT2D eigenvalue weighted by atomic mass is 16.2. The molecule has 0 fully saturated rings. The summed E-state index contributed by atoms with van der Waals surface area (Å²) >= 11 is 0. The quantitative estimate of drug-likeness (QED) is 0.507. The Morgan fingerprint density at radius 2 is 2.10 bits per heavy atom. The topological polar surface area (TPSA) is 72.2 Å². The fourth-order valence-corrected chi connectivity index (χ4v) is 0.397. The molecule has 3 N–H and O–H groups in total. The first-order valence-electron chi connectivity index (χ1n) is 3.18. The summed E-state index contributed by atoms with van der Waals surface area (Å²) in [6.07, 6.45) is 0.791. The van der Waals surface area contributed by atoms with Gasteiger partial charge < -0.3 is 11.1 Å². The van der Waals surface area contributed by atoms with Crippen LogP contribution < -0.4 is 11.1 Å². The first-order valence-corrected chi connectivity index (χ1v) is 3.18. The fourth-order valence-electron chi connectivity index (χ4n) is 0.397. The number of carbonyl (C=O) groups is 2. The molecule has 0 heterocycles. The molecule has 0 radical (unpaired) electrons. The average molecular weight is 144 g/mol. The van der Waals surface area contributed by atoms with Crippen LogP contribution in [0.1, 0.15) is 20.3 Å². The molecule has 0 aliphatic rings. The Hall–Kier alpha value is -1.06. The van der Waals surface area contributed by atoms with Crippen LogP contribution in [0, 0.1) is 0 Å². The Balaban J connectivity index is 3.68. The van der Waals surface area contributed by atoms with Crippen LogP contribution >= 0.6 is 0 Å². The predicted molar refractivity (Wildman–Crippen MR) is 37.1 cm³/mol. The van der Waals surface area contributed by atoms with E-state index in [1.165, 1.54) is 0 Å². The van der Waals surface area contributed by atoms with Crippen LogP contribution in [-0.4, -0.2) is 17.9 Å². The largest absolute Gasteiger partial charge is 0.361 e. The Kier molecular flexibility index (Phi) is 3.46. The standard InChI is InChI=1S/C6H12N2O2/c1-3-4(2)8-6(10)5(7)9/h4H,3H2,1-2H3,(H2,7,9)(H,8,10). The van der Waals surface area contributed by atoms with Crippen LogP contribution in [0.3, 0.4) is 0 Å². The van der Waals surface area contributed by atoms with Crippen molar-refractivity contribution < 1.29 is 9.59 Å². The maximum atomic E-state index is 10.5. The zero-order valence-corrected chi connectivity index (χ0v) is 6.18. The van der Waals surface area contributed by atoms with Gasteiger partial charge in [0.15, 0.2) is 0 Å². The van der Waals surface area contributed by atoms with Crippen LogP contribution in [0.4, 0.5) is 0 Å². The van der Waals surface area contributed by atoms with Gasteiger partial charge >= 0.3 is 11.8 Å².